The van der Waals surface area contributed by atoms with Crippen LogP contribution in [0.4, 0.5) is 0 Å². The topological polar surface area (TPSA) is 35.5 Å². The Morgan fingerprint density at radius 2 is 1.95 bits per heavy atom. The second-order valence-electron chi connectivity index (χ2n) is 6.94. The summed E-state index contributed by atoms with van der Waals surface area (Å²) < 4.78 is 0. The first-order valence-electron chi connectivity index (χ1n) is 9.06. The molecule has 3 rings (SSSR count). The molecule has 2 fully saturated rings. The molecule has 0 aromatic heterocycles. The summed E-state index contributed by atoms with van der Waals surface area (Å²) in [5, 5.41) is 13.4. The van der Waals surface area contributed by atoms with E-state index in [0.717, 1.165) is 36.9 Å². The Kier molecular flexibility index (Phi) is 5.74. The van der Waals surface area contributed by atoms with Crippen LogP contribution in [0.25, 0.3) is 0 Å². The SMILES string of the molecule is Oc1ccccc1CCCNC[C@@H]1CCCN2CCCC[C@H]12. The maximum Gasteiger partial charge on any atom is 0.118 e. The van der Waals surface area contributed by atoms with Crippen molar-refractivity contribution in [3.63, 3.8) is 0 Å². The molecule has 2 aliphatic heterocycles. The van der Waals surface area contributed by atoms with Crippen LogP contribution in [-0.4, -0.2) is 42.2 Å². The van der Waals surface area contributed by atoms with Crippen LogP contribution in [0.3, 0.4) is 0 Å². The molecule has 1 aromatic rings. The minimum Gasteiger partial charge on any atom is -0.508 e. The van der Waals surface area contributed by atoms with Crippen LogP contribution in [0.15, 0.2) is 24.3 Å². The number of hydrogen-bond donors (Lipinski definition) is 2. The minimum atomic E-state index is 0.438. The number of hydrogen-bond acceptors (Lipinski definition) is 3. The van der Waals surface area contributed by atoms with E-state index in [1.54, 1.807) is 6.07 Å². The average Bonchev–Trinajstić information content (AvgIpc) is 2.56. The number of phenolic OH excluding ortho intramolecular Hbond substituents is 1. The Balaban J connectivity index is 1.37. The molecule has 0 spiro atoms. The van der Waals surface area contributed by atoms with Crippen molar-refractivity contribution in [2.45, 2.75) is 51.0 Å². The molecule has 0 radical (unpaired) electrons. The Morgan fingerprint density at radius 3 is 2.86 bits per heavy atom. The first-order valence-corrected chi connectivity index (χ1v) is 9.06. The number of phenols is 1. The number of nitrogens with zero attached hydrogens (tertiary/aromatic N) is 1. The first kappa shape index (κ1) is 15.8. The Hall–Kier alpha value is -1.06. The number of piperidine rings is 2. The fraction of sp³-hybridized carbons (Fsp3) is 0.684. The van der Waals surface area contributed by atoms with Gasteiger partial charge in [0.1, 0.15) is 5.75 Å². The summed E-state index contributed by atoms with van der Waals surface area (Å²) in [6, 6.07) is 8.53. The minimum absolute atomic E-state index is 0.438. The van der Waals surface area contributed by atoms with Crippen molar-refractivity contribution in [2.75, 3.05) is 26.2 Å². The largest absolute Gasteiger partial charge is 0.508 e. The van der Waals surface area contributed by atoms with Crippen LogP contribution < -0.4 is 5.32 Å². The third-order valence-corrected chi connectivity index (χ3v) is 5.43. The maximum absolute atomic E-state index is 9.77. The molecule has 22 heavy (non-hydrogen) atoms. The van der Waals surface area contributed by atoms with Crippen LogP contribution in [0.1, 0.15) is 44.1 Å². The van der Waals surface area contributed by atoms with E-state index in [-0.39, 0.29) is 0 Å². The molecular formula is C19H30N2O. The molecule has 2 N–H and O–H groups in total. The molecule has 2 atom stereocenters. The van der Waals surface area contributed by atoms with Crippen LogP contribution in [0.2, 0.25) is 0 Å². The molecule has 2 saturated heterocycles. The van der Waals surface area contributed by atoms with Gasteiger partial charge in [0.25, 0.3) is 0 Å². The predicted molar refractivity (Wildman–Crippen MR) is 91.2 cm³/mol. The van der Waals surface area contributed by atoms with Crippen LogP contribution in [0, 0.1) is 5.92 Å². The van der Waals surface area contributed by atoms with Gasteiger partial charge in [-0.2, -0.15) is 0 Å². The van der Waals surface area contributed by atoms with Gasteiger partial charge in [0.2, 0.25) is 0 Å². The van der Waals surface area contributed by atoms with Crippen molar-refractivity contribution < 1.29 is 5.11 Å². The van der Waals surface area contributed by atoms with Gasteiger partial charge in [0.15, 0.2) is 0 Å². The molecular weight excluding hydrogens is 272 g/mol. The highest BCUT2D eigenvalue weighted by molar-refractivity contribution is 5.31. The summed E-state index contributed by atoms with van der Waals surface area (Å²) in [6.45, 7) is 4.88. The highest BCUT2D eigenvalue weighted by Gasteiger charge is 2.32. The summed E-state index contributed by atoms with van der Waals surface area (Å²) in [6.07, 6.45) is 9.05. The smallest absolute Gasteiger partial charge is 0.118 e. The molecule has 1 aromatic carbocycles. The molecule has 0 aliphatic carbocycles. The van der Waals surface area contributed by atoms with Gasteiger partial charge in [-0.1, -0.05) is 24.6 Å². The monoisotopic (exact) mass is 302 g/mol. The van der Waals surface area contributed by atoms with Gasteiger partial charge < -0.3 is 15.3 Å². The highest BCUT2D eigenvalue weighted by atomic mass is 16.3. The molecule has 0 unspecified atom stereocenters. The highest BCUT2D eigenvalue weighted by Crippen LogP contribution is 2.30. The summed E-state index contributed by atoms with van der Waals surface area (Å²) in [5.74, 6) is 1.28. The molecule has 2 heterocycles. The molecule has 3 heteroatoms. The molecule has 3 nitrogen and oxygen atoms in total. The van der Waals surface area contributed by atoms with Gasteiger partial charge in [-0.05, 0) is 82.3 Å². The van der Waals surface area contributed by atoms with Crippen molar-refractivity contribution in [3.8, 4) is 5.75 Å². The van der Waals surface area contributed by atoms with Gasteiger partial charge >= 0.3 is 0 Å². The van der Waals surface area contributed by atoms with Crippen molar-refractivity contribution in [3.05, 3.63) is 29.8 Å². The molecule has 2 aliphatic rings. The van der Waals surface area contributed by atoms with Crippen molar-refractivity contribution >= 4 is 0 Å². The first-order chi connectivity index (χ1) is 10.8. The lowest BCUT2D eigenvalue weighted by atomic mass is 9.83. The number of para-hydroxylation sites is 1. The number of nitrogens with one attached hydrogen (secondary N) is 1. The normalized spacial score (nSPS) is 25.8. The van der Waals surface area contributed by atoms with Gasteiger partial charge in [0, 0.05) is 6.04 Å². The quantitative estimate of drug-likeness (QED) is 0.792. The lowest BCUT2D eigenvalue weighted by molar-refractivity contribution is 0.0595. The van der Waals surface area contributed by atoms with Gasteiger partial charge in [-0.25, -0.2) is 0 Å². The van der Waals surface area contributed by atoms with Crippen molar-refractivity contribution in [2.24, 2.45) is 5.92 Å². The fourth-order valence-corrected chi connectivity index (χ4v) is 4.23. The standard InChI is InChI=1S/C19H30N2O/c22-19-11-2-1-7-16(19)8-5-12-20-15-17-9-6-14-21-13-4-3-10-18(17)21/h1-2,7,11,17-18,20,22H,3-6,8-10,12-15H2/t17-,18+/m0/s1. The second-order valence-corrected chi connectivity index (χ2v) is 6.94. The van der Waals surface area contributed by atoms with E-state index in [9.17, 15) is 5.11 Å². The predicted octanol–water partition coefficient (Wildman–Crippen LogP) is 3.18. The van der Waals surface area contributed by atoms with E-state index in [1.165, 1.54) is 51.7 Å². The average molecular weight is 302 g/mol. The second kappa shape index (κ2) is 7.98. The molecule has 0 bridgehead atoms. The molecule has 0 saturated carbocycles. The molecule has 122 valence electrons. The van der Waals surface area contributed by atoms with Crippen LogP contribution in [0.5, 0.6) is 5.75 Å². The molecule has 0 amide bonds. The van der Waals surface area contributed by atoms with E-state index in [0.29, 0.717) is 5.75 Å². The Morgan fingerprint density at radius 1 is 1.09 bits per heavy atom. The summed E-state index contributed by atoms with van der Waals surface area (Å²) >= 11 is 0. The van der Waals surface area contributed by atoms with Gasteiger partial charge in [-0.3, -0.25) is 0 Å². The Labute approximate surface area is 134 Å². The Bertz CT molecular complexity index is 461. The van der Waals surface area contributed by atoms with Crippen molar-refractivity contribution in [1.82, 2.24) is 10.2 Å². The van der Waals surface area contributed by atoms with Crippen LogP contribution in [-0.2, 0) is 6.42 Å². The third-order valence-electron chi connectivity index (χ3n) is 5.43. The summed E-state index contributed by atoms with van der Waals surface area (Å²) in [4.78, 5) is 2.74. The zero-order valence-electron chi connectivity index (χ0n) is 13.6. The summed E-state index contributed by atoms with van der Waals surface area (Å²) in [7, 11) is 0. The van der Waals surface area contributed by atoms with Crippen LogP contribution >= 0.6 is 0 Å². The third kappa shape index (κ3) is 4.02. The number of aryl methyl sites for hydroxylation is 1. The summed E-state index contributed by atoms with van der Waals surface area (Å²) in [5.41, 5.74) is 1.07. The number of rotatable bonds is 6. The maximum atomic E-state index is 9.77. The zero-order valence-corrected chi connectivity index (χ0v) is 13.6. The van der Waals surface area contributed by atoms with Crippen molar-refractivity contribution in [1.29, 1.82) is 0 Å². The van der Waals surface area contributed by atoms with Gasteiger partial charge in [-0.15, -0.1) is 0 Å². The number of aromatic hydroxyl groups is 1. The zero-order chi connectivity index (χ0) is 15.2. The number of benzene rings is 1. The van der Waals surface area contributed by atoms with E-state index >= 15 is 0 Å². The van der Waals surface area contributed by atoms with E-state index in [4.69, 9.17) is 0 Å². The van der Waals surface area contributed by atoms with E-state index in [2.05, 4.69) is 10.2 Å². The lowest BCUT2D eigenvalue weighted by Gasteiger charge is -2.44. The lowest BCUT2D eigenvalue weighted by Crippen LogP contribution is -2.50. The van der Waals surface area contributed by atoms with Gasteiger partial charge in [0.05, 0.1) is 0 Å². The van der Waals surface area contributed by atoms with E-state index < -0.39 is 0 Å². The fourth-order valence-electron chi connectivity index (χ4n) is 4.23. The number of fused-ring (bicyclic) bond motifs is 1. The van der Waals surface area contributed by atoms with E-state index in [1.807, 2.05) is 18.2 Å².